The van der Waals surface area contributed by atoms with Gasteiger partial charge in [0.1, 0.15) is 12.4 Å². The summed E-state index contributed by atoms with van der Waals surface area (Å²) in [6, 6.07) is 12.1. The summed E-state index contributed by atoms with van der Waals surface area (Å²) in [4.78, 5) is 11.7. The zero-order valence-electron chi connectivity index (χ0n) is 10.6. The molecule has 0 aliphatic heterocycles. The minimum atomic E-state index is -0.962. The summed E-state index contributed by atoms with van der Waals surface area (Å²) in [5, 5.41) is 2.66. The maximum absolute atomic E-state index is 12.9. The molecule has 0 spiro atoms. The van der Waals surface area contributed by atoms with Crippen molar-refractivity contribution in [3.8, 4) is 5.75 Å². The number of hydrogen-bond donors (Lipinski definition) is 1. The smallest absolute Gasteiger partial charge is 0.251 e. The van der Waals surface area contributed by atoms with Crippen LogP contribution in [0.3, 0.4) is 0 Å². The zero-order valence-corrected chi connectivity index (χ0v) is 10.6. The summed E-state index contributed by atoms with van der Waals surface area (Å²) in [7, 11) is 0. The highest BCUT2D eigenvalue weighted by atomic mass is 19.2. The standard InChI is InChI=1S/C15H13F2NO2/c16-13-7-6-12(10-14(13)17)20-9-8-18-15(19)11-4-2-1-3-5-11/h1-7,10H,8-9H2,(H,18,19). The number of ether oxygens (including phenoxy) is 1. The number of benzene rings is 2. The summed E-state index contributed by atoms with van der Waals surface area (Å²) in [5.74, 6) is -1.87. The fourth-order valence-corrected chi connectivity index (χ4v) is 1.59. The van der Waals surface area contributed by atoms with Crippen molar-refractivity contribution in [1.82, 2.24) is 5.32 Å². The second-order valence-corrected chi connectivity index (χ2v) is 4.05. The topological polar surface area (TPSA) is 38.3 Å². The Hall–Kier alpha value is -2.43. The average molecular weight is 277 g/mol. The van der Waals surface area contributed by atoms with Gasteiger partial charge in [0.05, 0.1) is 6.54 Å². The van der Waals surface area contributed by atoms with Gasteiger partial charge in [-0.1, -0.05) is 18.2 Å². The van der Waals surface area contributed by atoms with E-state index in [-0.39, 0.29) is 24.8 Å². The molecule has 0 saturated heterocycles. The lowest BCUT2D eigenvalue weighted by Gasteiger charge is -2.08. The van der Waals surface area contributed by atoms with Crippen LogP contribution in [-0.2, 0) is 0 Å². The van der Waals surface area contributed by atoms with E-state index in [9.17, 15) is 13.6 Å². The van der Waals surface area contributed by atoms with Crippen molar-refractivity contribution in [3.05, 3.63) is 65.7 Å². The highest BCUT2D eigenvalue weighted by molar-refractivity contribution is 5.94. The van der Waals surface area contributed by atoms with E-state index in [1.165, 1.54) is 6.07 Å². The van der Waals surface area contributed by atoms with Crippen LogP contribution in [0, 0.1) is 11.6 Å². The number of carbonyl (C=O) groups excluding carboxylic acids is 1. The molecule has 104 valence electrons. The van der Waals surface area contributed by atoms with Crippen molar-refractivity contribution in [2.24, 2.45) is 0 Å². The monoisotopic (exact) mass is 277 g/mol. The van der Waals surface area contributed by atoms with Crippen molar-refractivity contribution in [2.75, 3.05) is 13.2 Å². The fraction of sp³-hybridized carbons (Fsp3) is 0.133. The molecular weight excluding hydrogens is 264 g/mol. The molecule has 1 amide bonds. The molecule has 0 radical (unpaired) electrons. The predicted molar refractivity (Wildman–Crippen MR) is 70.6 cm³/mol. The van der Waals surface area contributed by atoms with Crippen LogP contribution in [0.15, 0.2) is 48.5 Å². The summed E-state index contributed by atoms with van der Waals surface area (Å²) in [5.41, 5.74) is 0.556. The van der Waals surface area contributed by atoms with Crippen molar-refractivity contribution < 1.29 is 18.3 Å². The number of rotatable bonds is 5. The van der Waals surface area contributed by atoms with Crippen LogP contribution in [-0.4, -0.2) is 19.1 Å². The maximum Gasteiger partial charge on any atom is 0.251 e. The van der Waals surface area contributed by atoms with Gasteiger partial charge < -0.3 is 10.1 Å². The molecule has 0 atom stereocenters. The van der Waals surface area contributed by atoms with Crippen LogP contribution in [0.1, 0.15) is 10.4 Å². The lowest BCUT2D eigenvalue weighted by molar-refractivity contribution is 0.0947. The van der Waals surface area contributed by atoms with Gasteiger partial charge in [-0.25, -0.2) is 8.78 Å². The van der Waals surface area contributed by atoms with Gasteiger partial charge in [0.2, 0.25) is 0 Å². The SMILES string of the molecule is O=C(NCCOc1ccc(F)c(F)c1)c1ccccc1. The summed E-state index contributed by atoms with van der Waals surface area (Å²) in [6.07, 6.45) is 0. The van der Waals surface area contributed by atoms with E-state index >= 15 is 0 Å². The molecule has 0 heterocycles. The Morgan fingerprint density at radius 3 is 2.50 bits per heavy atom. The van der Waals surface area contributed by atoms with Gasteiger partial charge in [-0.15, -0.1) is 0 Å². The van der Waals surface area contributed by atoms with Crippen molar-refractivity contribution >= 4 is 5.91 Å². The van der Waals surface area contributed by atoms with E-state index < -0.39 is 11.6 Å². The Kier molecular flexibility index (Phi) is 4.65. The van der Waals surface area contributed by atoms with E-state index in [1.807, 2.05) is 6.07 Å². The molecule has 0 aliphatic rings. The zero-order chi connectivity index (χ0) is 14.4. The minimum absolute atomic E-state index is 0.170. The normalized spacial score (nSPS) is 10.1. The van der Waals surface area contributed by atoms with Crippen molar-refractivity contribution in [2.45, 2.75) is 0 Å². The first kappa shape index (κ1) is 14.0. The third kappa shape index (κ3) is 3.78. The number of amides is 1. The van der Waals surface area contributed by atoms with Gasteiger partial charge in [0.15, 0.2) is 11.6 Å². The van der Waals surface area contributed by atoms with Crippen LogP contribution < -0.4 is 10.1 Å². The predicted octanol–water partition coefficient (Wildman–Crippen LogP) is 2.77. The molecule has 0 aromatic heterocycles. The first-order valence-electron chi connectivity index (χ1n) is 6.08. The average Bonchev–Trinajstić information content (AvgIpc) is 2.48. The van der Waals surface area contributed by atoms with Gasteiger partial charge in [-0.2, -0.15) is 0 Å². The number of carbonyl (C=O) groups is 1. The van der Waals surface area contributed by atoms with Gasteiger partial charge in [0.25, 0.3) is 5.91 Å². The maximum atomic E-state index is 12.9. The molecule has 3 nitrogen and oxygen atoms in total. The molecule has 2 aromatic carbocycles. The van der Waals surface area contributed by atoms with Gasteiger partial charge in [0, 0.05) is 11.6 Å². The summed E-state index contributed by atoms with van der Waals surface area (Å²) in [6.45, 7) is 0.441. The third-order valence-electron chi connectivity index (χ3n) is 2.58. The number of halogens is 2. The molecule has 1 N–H and O–H groups in total. The molecule has 2 aromatic rings. The van der Waals surface area contributed by atoms with Gasteiger partial charge in [-0.3, -0.25) is 4.79 Å². The van der Waals surface area contributed by atoms with Crippen molar-refractivity contribution in [3.63, 3.8) is 0 Å². The highest BCUT2D eigenvalue weighted by Crippen LogP contribution is 2.14. The Balaban J connectivity index is 1.76. The highest BCUT2D eigenvalue weighted by Gasteiger charge is 2.05. The van der Waals surface area contributed by atoms with Crippen molar-refractivity contribution in [1.29, 1.82) is 0 Å². The quantitative estimate of drug-likeness (QED) is 0.853. The van der Waals surface area contributed by atoms with Gasteiger partial charge >= 0.3 is 0 Å². The Labute approximate surface area is 115 Å². The summed E-state index contributed by atoms with van der Waals surface area (Å²) < 4.78 is 30.8. The molecule has 0 aliphatic carbocycles. The lowest BCUT2D eigenvalue weighted by atomic mass is 10.2. The van der Waals surface area contributed by atoms with E-state index in [0.29, 0.717) is 5.56 Å². The second kappa shape index (κ2) is 6.65. The first-order chi connectivity index (χ1) is 9.66. The molecule has 0 fully saturated rings. The first-order valence-corrected chi connectivity index (χ1v) is 6.08. The van der Waals surface area contributed by atoms with Crippen LogP contribution in [0.5, 0.6) is 5.75 Å². The molecule has 20 heavy (non-hydrogen) atoms. The largest absolute Gasteiger partial charge is 0.492 e. The summed E-state index contributed by atoms with van der Waals surface area (Å²) >= 11 is 0. The van der Waals surface area contributed by atoms with Crippen LogP contribution in [0.2, 0.25) is 0 Å². The Morgan fingerprint density at radius 2 is 1.80 bits per heavy atom. The lowest BCUT2D eigenvalue weighted by Crippen LogP contribution is -2.28. The number of hydrogen-bond acceptors (Lipinski definition) is 2. The Bertz CT molecular complexity index is 588. The van der Waals surface area contributed by atoms with Crippen LogP contribution in [0.4, 0.5) is 8.78 Å². The molecular formula is C15H13F2NO2. The molecule has 0 saturated carbocycles. The van der Waals surface area contributed by atoms with E-state index in [0.717, 1.165) is 12.1 Å². The van der Waals surface area contributed by atoms with E-state index in [1.54, 1.807) is 24.3 Å². The van der Waals surface area contributed by atoms with Crippen LogP contribution in [0.25, 0.3) is 0 Å². The second-order valence-electron chi connectivity index (χ2n) is 4.05. The third-order valence-corrected chi connectivity index (χ3v) is 2.58. The molecule has 0 unspecified atom stereocenters. The minimum Gasteiger partial charge on any atom is -0.492 e. The molecule has 0 bridgehead atoms. The number of nitrogens with one attached hydrogen (secondary N) is 1. The van der Waals surface area contributed by atoms with E-state index in [2.05, 4.69) is 5.32 Å². The Morgan fingerprint density at radius 1 is 1.05 bits per heavy atom. The van der Waals surface area contributed by atoms with Gasteiger partial charge in [-0.05, 0) is 24.3 Å². The molecule has 5 heteroatoms. The van der Waals surface area contributed by atoms with E-state index in [4.69, 9.17) is 4.74 Å². The van der Waals surface area contributed by atoms with Crippen LogP contribution >= 0.6 is 0 Å². The molecule has 2 rings (SSSR count). The fourth-order valence-electron chi connectivity index (χ4n) is 1.59.